The third-order valence-electron chi connectivity index (χ3n) is 2.66. The zero-order chi connectivity index (χ0) is 14.0. The standard InChI is InChI=1S/C13H15BrFN3O/c1-3-6-18-13(12(16)8(2)17-18)19-11-7-9(15)4-5-10(11)14/h4-5,7H,3,6,16H2,1-2H3. The minimum atomic E-state index is -0.366. The van der Waals surface area contributed by atoms with E-state index in [1.54, 1.807) is 10.7 Å². The van der Waals surface area contributed by atoms with Crippen LogP contribution in [0.3, 0.4) is 0 Å². The Hall–Kier alpha value is -1.56. The molecule has 0 bridgehead atoms. The zero-order valence-corrected chi connectivity index (χ0v) is 12.4. The molecule has 0 saturated carbocycles. The number of hydrogen-bond donors (Lipinski definition) is 1. The fraction of sp³-hybridized carbons (Fsp3) is 0.308. The summed E-state index contributed by atoms with van der Waals surface area (Å²) in [6.45, 7) is 4.55. The van der Waals surface area contributed by atoms with E-state index >= 15 is 0 Å². The number of nitrogen functional groups attached to an aromatic ring is 1. The van der Waals surface area contributed by atoms with Gasteiger partial charge in [0.15, 0.2) is 0 Å². The molecule has 2 aromatic rings. The Labute approximate surface area is 119 Å². The highest BCUT2D eigenvalue weighted by Crippen LogP contribution is 2.34. The average Bonchev–Trinajstić information content (AvgIpc) is 2.62. The Kier molecular flexibility index (Phi) is 4.09. The van der Waals surface area contributed by atoms with E-state index in [-0.39, 0.29) is 5.82 Å². The lowest BCUT2D eigenvalue weighted by atomic mass is 10.3. The molecular weight excluding hydrogens is 313 g/mol. The second-order valence-electron chi connectivity index (χ2n) is 4.20. The van der Waals surface area contributed by atoms with Crippen molar-refractivity contribution in [1.29, 1.82) is 0 Å². The first kappa shape index (κ1) is 13.9. The molecule has 2 rings (SSSR count). The Bertz CT molecular complexity index is 598. The molecule has 1 aromatic carbocycles. The molecule has 0 atom stereocenters. The molecular formula is C13H15BrFN3O. The van der Waals surface area contributed by atoms with Crippen molar-refractivity contribution >= 4 is 21.6 Å². The van der Waals surface area contributed by atoms with Crippen molar-refractivity contribution in [2.45, 2.75) is 26.8 Å². The summed E-state index contributed by atoms with van der Waals surface area (Å²) >= 11 is 3.32. The molecule has 1 heterocycles. The number of halogens is 2. The van der Waals surface area contributed by atoms with Crippen LogP contribution in [0.1, 0.15) is 19.0 Å². The van der Waals surface area contributed by atoms with E-state index in [0.29, 0.717) is 34.0 Å². The van der Waals surface area contributed by atoms with Gasteiger partial charge in [-0.15, -0.1) is 0 Å². The lowest BCUT2D eigenvalue weighted by Gasteiger charge is -2.10. The van der Waals surface area contributed by atoms with E-state index in [2.05, 4.69) is 21.0 Å². The van der Waals surface area contributed by atoms with Gasteiger partial charge in [0.25, 0.3) is 0 Å². The quantitative estimate of drug-likeness (QED) is 0.927. The molecule has 2 N–H and O–H groups in total. The SMILES string of the molecule is CCCn1nc(C)c(N)c1Oc1cc(F)ccc1Br. The van der Waals surface area contributed by atoms with Crippen molar-refractivity contribution in [3.63, 3.8) is 0 Å². The number of anilines is 1. The van der Waals surface area contributed by atoms with E-state index in [4.69, 9.17) is 10.5 Å². The monoisotopic (exact) mass is 327 g/mol. The number of nitrogens with two attached hydrogens (primary N) is 1. The molecule has 0 spiro atoms. The normalized spacial score (nSPS) is 10.7. The Morgan fingerprint density at radius 2 is 2.21 bits per heavy atom. The van der Waals surface area contributed by atoms with Crippen LogP contribution in [-0.4, -0.2) is 9.78 Å². The summed E-state index contributed by atoms with van der Waals surface area (Å²) in [4.78, 5) is 0. The number of hydrogen-bond acceptors (Lipinski definition) is 3. The number of aryl methyl sites for hydroxylation is 2. The molecule has 0 fully saturated rings. The van der Waals surface area contributed by atoms with Gasteiger partial charge in [-0.2, -0.15) is 5.10 Å². The van der Waals surface area contributed by atoms with Gasteiger partial charge in [0.05, 0.1) is 10.2 Å². The molecule has 0 aliphatic heterocycles. The summed E-state index contributed by atoms with van der Waals surface area (Å²) in [7, 11) is 0. The van der Waals surface area contributed by atoms with Crippen LogP contribution >= 0.6 is 15.9 Å². The van der Waals surface area contributed by atoms with Gasteiger partial charge in [-0.25, -0.2) is 9.07 Å². The number of ether oxygens (including phenoxy) is 1. The summed E-state index contributed by atoms with van der Waals surface area (Å²) in [6, 6.07) is 4.26. The van der Waals surface area contributed by atoms with Gasteiger partial charge < -0.3 is 10.5 Å². The van der Waals surface area contributed by atoms with Gasteiger partial charge in [-0.1, -0.05) is 6.92 Å². The molecule has 0 aliphatic rings. The number of rotatable bonds is 4. The molecule has 4 nitrogen and oxygen atoms in total. The molecule has 0 saturated heterocycles. The van der Waals surface area contributed by atoms with E-state index in [0.717, 1.165) is 6.42 Å². The maximum absolute atomic E-state index is 13.2. The predicted octanol–water partition coefficient (Wildman–Crippen LogP) is 3.88. The average molecular weight is 328 g/mol. The molecule has 0 radical (unpaired) electrons. The van der Waals surface area contributed by atoms with Gasteiger partial charge in [0, 0.05) is 12.6 Å². The molecule has 0 amide bonds. The van der Waals surface area contributed by atoms with Crippen LogP contribution in [0.2, 0.25) is 0 Å². The smallest absolute Gasteiger partial charge is 0.241 e. The molecule has 6 heteroatoms. The largest absolute Gasteiger partial charge is 0.436 e. The topological polar surface area (TPSA) is 53.1 Å². The summed E-state index contributed by atoms with van der Waals surface area (Å²) in [6.07, 6.45) is 0.904. The third-order valence-corrected chi connectivity index (χ3v) is 3.32. The fourth-order valence-electron chi connectivity index (χ4n) is 1.70. The van der Waals surface area contributed by atoms with E-state index < -0.39 is 0 Å². The first-order chi connectivity index (χ1) is 9.02. The van der Waals surface area contributed by atoms with Crippen molar-refractivity contribution in [2.75, 3.05) is 5.73 Å². The number of aromatic nitrogens is 2. The van der Waals surface area contributed by atoms with E-state index in [1.165, 1.54) is 12.1 Å². The van der Waals surface area contributed by atoms with Crippen LogP contribution in [0.25, 0.3) is 0 Å². The van der Waals surface area contributed by atoms with Crippen LogP contribution in [0.15, 0.2) is 22.7 Å². The molecule has 1 aromatic heterocycles. The molecule has 0 unspecified atom stereocenters. The first-order valence-electron chi connectivity index (χ1n) is 5.98. The van der Waals surface area contributed by atoms with Crippen molar-refractivity contribution in [1.82, 2.24) is 9.78 Å². The van der Waals surface area contributed by atoms with Crippen molar-refractivity contribution < 1.29 is 9.13 Å². The Balaban J connectivity index is 2.39. The Morgan fingerprint density at radius 1 is 1.47 bits per heavy atom. The van der Waals surface area contributed by atoms with Crippen LogP contribution in [0, 0.1) is 12.7 Å². The van der Waals surface area contributed by atoms with Gasteiger partial charge in [0.1, 0.15) is 17.3 Å². The van der Waals surface area contributed by atoms with Crippen molar-refractivity contribution in [2.24, 2.45) is 0 Å². The highest BCUT2D eigenvalue weighted by atomic mass is 79.9. The van der Waals surface area contributed by atoms with Crippen LogP contribution in [0.4, 0.5) is 10.1 Å². The lowest BCUT2D eigenvalue weighted by Crippen LogP contribution is -2.03. The minimum Gasteiger partial charge on any atom is -0.436 e. The number of benzene rings is 1. The first-order valence-corrected chi connectivity index (χ1v) is 6.78. The lowest BCUT2D eigenvalue weighted by molar-refractivity contribution is 0.406. The minimum absolute atomic E-state index is 0.366. The van der Waals surface area contributed by atoms with Crippen LogP contribution < -0.4 is 10.5 Å². The van der Waals surface area contributed by atoms with Gasteiger partial charge in [-0.3, -0.25) is 0 Å². The van der Waals surface area contributed by atoms with E-state index in [9.17, 15) is 4.39 Å². The second-order valence-corrected chi connectivity index (χ2v) is 5.06. The van der Waals surface area contributed by atoms with Gasteiger partial charge >= 0.3 is 0 Å². The van der Waals surface area contributed by atoms with Crippen molar-refractivity contribution in [3.05, 3.63) is 34.2 Å². The second kappa shape index (κ2) is 5.61. The summed E-state index contributed by atoms with van der Waals surface area (Å²) < 4.78 is 21.3. The van der Waals surface area contributed by atoms with Gasteiger partial charge in [-0.05, 0) is 41.4 Å². The maximum atomic E-state index is 13.2. The van der Waals surface area contributed by atoms with Crippen molar-refractivity contribution in [3.8, 4) is 11.6 Å². The predicted molar refractivity (Wildman–Crippen MR) is 75.8 cm³/mol. The highest BCUT2D eigenvalue weighted by molar-refractivity contribution is 9.10. The van der Waals surface area contributed by atoms with E-state index in [1.807, 2.05) is 13.8 Å². The highest BCUT2D eigenvalue weighted by Gasteiger charge is 2.16. The van der Waals surface area contributed by atoms with Crippen LogP contribution in [0.5, 0.6) is 11.6 Å². The molecule has 102 valence electrons. The zero-order valence-electron chi connectivity index (χ0n) is 10.8. The third kappa shape index (κ3) is 2.89. The van der Waals surface area contributed by atoms with Crippen LogP contribution in [-0.2, 0) is 6.54 Å². The molecule has 19 heavy (non-hydrogen) atoms. The molecule has 0 aliphatic carbocycles. The Morgan fingerprint density at radius 3 is 2.89 bits per heavy atom. The summed E-state index contributed by atoms with van der Waals surface area (Å²) in [5.74, 6) is 0.463. The summed E-state index contributed by atoms with van der Waals surface area (Å²) in [5.41, 5.74) is 7.13. The maximum Gasteiger partial charge on any atom is 0.241 e. The van der Waals surface area contributed by atoms with Gasteiger partial charge in [0.2, 0.25) is 5.88 Å². The summed E-state index contributed by atoms with van der Waals surface area (Å²) in [5, 5.41) is 4.31. The fourth-order valence-corrected chi connectivity index (χ4v) is 2.03. The number of nitrogens with zero attached hydrogens (tertiary/aromatic N) is 2.